The second-order valence-corrected chi connectivity index (χ2v) is 6.54. The molecule has 22 heavy (non-hydrogen) atoms. The second kappa shape index (κ2) is 7.27. The SMILES string of the molecule is O=C(NC1CCC(N2CC(F)C2)CC1)OCC1=CCCC=C1. The summed E-state index contributed by atoms with van der Waals surface area (Å²) in [5.41, 5.74) is 1.07. The Bertz CT molecular complexity index is 450. The molecule has 4 nitrogen and oxygen atoms in total. The van der Waals surface area contributed by atoms with Crippen LogP contribution in [0.15, 0.2) is 23.8 Å². The van der Waals surface area contributed by atoms with Gasteiger partial charge in [-0.1, -0.05) is 18.2 Å². The molecule has 1 N–H and O–H groups in total. The Kier molecular flexibility index (Phi) is 5.13. The summed E-state index contributed by atoms with van der Waals surface area (Å²) < 4.78 is 18.2. The van der Waals surface area contributed by atoms with E-state index in [0.717, 1.165) is 44.1 Å². The van der Waals surface area contributed by atoms with Crippen LogP contribution in [0, 0.1) is 0 Å². The van der Waals surface area contributed by atoms with Gasteiger partial charge in [-0.3, -0.25) is 4.90 Å². The van der Waals surface area contributed by atoms with Crippen molar-refractivity contribution in [2.24, 2.45) is 0 Å². The maximum atomic E-state index is 12.9. The van der Waals surface area contributed by atoms with Crippen molar-refractivity contribution >= 4 is 6.09 Å². The zero-order valence-electron chi connectivity index (χ0n) is 13.0. The molecule has 0 bridgehead atoms. The number of hydrogen-bond donors (Lipinski definition) is 1. The van der Waals surface area contributed by atoms with Crippen LogP contribution in [0.25, 0.3) is 0 Å². The van der Waals surface area contributed by atoms with Gasteiger partial charge in [-0.25, -0.2) is 9.18 Å². The molecule has 1 saturated carbocycles. The number of allylic oxidation sites excluding steroid dienone is 2. The Morgan fingerprint density at radius 2 is 2.05 bits per heavy atom. The summed E-state index contributed by atoms with van der Waals surface area (Å²) in [6, 6.07) is 0.695. The van der Waals surface area contributed by atoms with E-state index in [4.69, 9.17) is 4.74 Å². The largest absolute Gasteiger partial charge is 0.445 e. The van der Waals surface area contributed by atoms with E-state index < -0.39 is 6.17 Å². The number of nitrogens with zero attached hydrogens (tertiary/aromatic N) is 1. The zero-order chi connectivity index (χ0) is 15.4. The lowest BCUT2D eigenvalue weighted by atomic mass is 9.88. The van der Waals surface area contributed by atoms with E-state index >= 15 is 0 Å². The van der Waals surface area contributed by atoms with Crippen molar-refractivity contribution in [3.05, 3.63) is 23.8 Å². The quantitative estimate of drug-likeness (QED) is 0.868. The molecule has 0 radical (unpaired) electrons. The molecular formula is C17H25FN2O2. The summed E-state index contributed by atoms with van der Waals surface area (Å²) in [6.07, 6.45) is 11.4. The average molecular weight is 308 g/mol. The van der Waals surface area contributed by atoms with Crippen LogP contribution in [-0.2, 0) is 4.74 Å². The molecule has 122 valence electrons. The number of likely N-dealkylation sites (tertiary alicyclic amines) is 1. The lowest BCUT2D eigenvalue weighted by Crippen LogP contribution is -2.55. The fourth-order valence-electron chi connectivity index (χ4n) is 3.47. The lowest BCUT2D eigenvalue weighted by molar-refractivity contribution is 0.0108. The van der Waals surface area contributed by atoms with Crippen molar-refractivity contribution in [1.82, 2.24) is 10.2 Å². The molecule has 5 heteroatoms. The highest BCUT2D eigenvalue weighted by atomic mass is 19.1. The maximum absolute atomic E-state index is 12.9. The lowest BCUT2D eigenvalue weighted by Gasteiger charge is -2.43. The molecule has 1 aliphatic heterocycles. The Morgan fingerprint density at radius 3 is 2.68 bits per heavy atom. The van der Waals surface area contributed by atoms with Crippen molar-refractivity contribution in [2.75, 3.05) is 19.7 Å². The van der Waals surface area contributed by atoms with Crippen molar-refractivity contribution in [2.45, 2.75) is 56.8 Å². The van der Waals surface area contributed by atoms with Crippen LogP contribution in [0.3, 0.4) is 0 Å². The first-order chi connectivity index (χ1) is 10.7. The number of amides is 1. The van der Waals surface area contributed by atoms with Gasteiger partial charge in [-0.2, -0.15) is 0 Å². The van der Waals surface area contributed by atoms with Crippen LogP contribution >= 0.6 is 0 Å². The molecule has 2 aliphatic carbocycles. The number of alkyl carbamates (subject to hydrolysis) is 1. The molecule has 1 heterocycles. The molecule has 0 aromatic rings. The number of alkyl halides is 1. The molecule has 1 amide bonds. The Morgan fingerprint density at radius 1 is 1.27 bits per heavy atom. The average Bonchev–Trinajstić information content (AvgIpc) is 2.52. The van der Waals surface area contributed by atoms with Crippen LogP contribution in [0.4, 0.5) is 9.18 Å². The molecule has 2 fully saturated rings. The second-order valence-electron chi connectivity index (χ2n) is 6.54. The van der Waals surface area contributed by atoms with E-state index in [1.165, 1.54) is 0 Å². The first-order valence-corrected chi connectivity index (χ1v) is 8.37. The van der Waals surface area contributed by atoms with Gasteiger partial charge in [0.1, 0.15) is 12.8 Å². The number of ether oxygens (including phenoxy) is 1. The predicted octanol–water partition coefficient (Wildman–Crippen LogP) is 2.95. The van der Waals surface area contributed by atoms with Crippen molar-refractivity contribution in [3.63, 3.8) is 0 Å². The van der Waals surface area contributed by atoms with Gasteiger partial charge in [0.05, 0.1) is 0 Å². The molecule has 0 unspecified atom stereocenters. The summed E-state index contributed by atoms with van der Waals surface area (Å²) in [5, 5.41) is 2.96. The van der Waals surface area contributed by atoms with Gasteiger partial charge in [0.2, 0.25) is 0 Å². The van der Waals surface area contributed by atoms with Gasteiger partial charge in [0, 0.05) is 25.2 Å². The minimum Gasteiger partial charge on any atom is -0.445 e. The van der Waals surface area contributed by atoms with Crippen LogP contribution in [0.1, 0.15) is 38.5 Å². The minimum absolute atomic E-state index is 0.196. The van der Waals surface area contributed by atoms with Crippen LogP contribution < -0.4 is 5.32 Å². The van der Waals surface area contributed by atoms with Crippen LogP contribution in [-0.4, -0.2) is 48.9 Å². The topological polar surface area (TPSA) is 41.6 Å². The summed E-state index contributed by atoms with van der Waals surface area (Å²) in [5.74, 6) is 0. The van der Waals surface area contributed by atoms with E-state index in [0.29, 0.717) is 25.7 Å². The summed E-state index contributed by atoms with van der Waals surface area (Å²) in [7, 11) is 0. The summed E-state index contributed by atoms with van der Waals surface area (Å²) in [6.45, 7) is 1.53. The molecule has 3 aliphatic rings. The third kappa shape index (κ3) is 4.09. The van der Waals surface area contributed by atoms with Gasteiger partial charge in [0.15, 0.2) is 0 Å². The van der Waals surface area contributed by atoms with E-state index in [1.54, 1.807) is 0 Å². The fourth-order valence-corrected chi connectivity index (χ4v) is 3.47. The fraction of sp³-hybridized carbons (Fsp3) is 0.706. The number of nitrogens with one attached hydrogen (secondary N) is 1. The van der Waals surface area contributed by atoms with Crippen molar-refractivity contribution < 1.29 is 13.9 Å². The molecule has 0 spiro atoms. The van der Waals surface area contributed by atoms with Crippen LogP contribution in [0.2, 0.25) is 0 Å². The Hall–Kier alpha value is -1.36. The highest BCUT2D eigenvalue weighted by molar-refractivity contribution is 5.67. The van der Waals surface area contributed by atoms with E-state index in [2.05, 4.69) is 22.4 Å². The molecule has 0 aromatic heterocycles. The number of carbonyl (C=O) groups excluding carboxylic acids is 1. The molecule has 1 saturated heterocycles. The van der Waals surface area contributed by atoms with E-state index in [1.807, 2.05) is 6.08 Å². The minimum atomic E-state index is -0.631. The van der Waals surface area contributed by atoms with Crippen molar-refractivity contribution in [3.8, 4) is 0 Å². The molecular weight excluding hydrogens is 283 g/mol. The van der Waals surface area contributed by atoms with Crippen LogP contribution in [0.5, 0.6) is 0 Å². The van der Waals surface area contributed by atoms with Gasteiger partial charge in [-0.15, -0.1) is 0 Å². The monoisotopic (exact) mass is 308 g/mol. The third-order valence-corrected chi connectivity index (χ3v) is 4.84. The summed E-state index contributed by atoms with van der Waals surface area (Å²) >= 11 is 0. The van der Waals surface area contributed by atoms with Gasteiger partial charge >= 0.3 is 6.09 Å². The highest BCUT2D eigenvalue weighted by Gasteiger charge is 2.34. The summed E-state index contributed by atoms with van der Waals surface area (Å²) in [4.78, 5) is 14.1. The Balaban J connectivity index is 1.33. The smallest absolute Gasteiger partial charge is 0.407 e. The molecule has 3 rings (SSSR count). The third-order valence-electron chi connectivity index (χ3n) is 4.84. The van der Waals surface area contributed by atoms with Gasteiger partial charge < -0.3 is 10.1 Å². The number of halogens is 1. The molecule has 0 aromatic carbocycles. The predicted molar refractivity (Wildman–Crippen MR) is 83.5 cm³/mol. The number of hydrogen-bond acceptors (Lipinski definition) is 3. The number of carbonyl (C=O) groups is 1. The van der Waals surface area contributed by atoms with Gasteiger partial charge in [0.25, 0.3) is 0 Å². The first kappa shape index (κ1) is 15.5. The maximum Gasteiger partial charge on any atom is 0.407 e. The Labute approximate surface area is 131 Å². The van der Waals surface area contributed by atoms with Gasteiger partial charge in [-0.05, 0) is 44.1 Å². The first-order valence-electron chi connectivity index (χ1n) is 8.37. The number of rotatable bonds is 4. The zero-order valence-corrected chi connectivity index (χ0v) is 13.0. The van der Waals surface area contributed by atoms with E-state index in [9.17, 15) is 9.18 Å². The molecule has 0 atom stereocenters. The normalized spacial score (nSPS) is 29.6. The standard InChI is InChI=1S/C17H25FN2O2/c18-14-10-20(11-14)16-8-6-15(7-9-16)19-17(21)22-12-13-4-2-1-3-5-13/h2,4-5,14-16H,1,3,6-12H2,(H,19,21). The van der Waals surface area contributed by atoms with E-state index in [-0.39, 0.29) is 12.1 Å². The van der Waals surface area contributed by atoms with Crippen molar-refractivity contribution in [1.29, 1.82) is 0 Å². The highest BCUT2D eigenvalue weighted by Crippen LogP contribution is 2.27.